The van der Waals surface area contributed by atoms with Crippen LogP contribution in [0.25, 0.3) is 0 Å². The highest BCUT2D eigenvalue weighted by Gasteiger charge is 2.27. The summed E-state index contributed by atoms with van der Waals surface area (Å²) >= 11 is 0. The highest BCUT2D eigenvalue weighted by atomic mass is 16.3. The maximum atomic E-state index is 11.1. The van der Waals surface area contributed by atoms with E-state index in [2.05, 4.69) is 75.6 Å². The molecule has 2 N–H and O–H groups in total. The van der Waals surface area contributed by atoms with Gasteiger partial charge in [0, 0.05) is 43.5 Å². The zero-order valence-corrected chi connectivity index (χ0v) is 23.6. The van der Waals surface area contributed by atoms with Crippen molar-refractivity contribution in [3.05, 3.63) is 72.6 Å². The molecule has 36 heavy (non-hydrogen) atoms. The third-order valence-electron chi connectivity index (χ3n) is 6.62. The van der Waals surface area contributed by atoms with E-state index >= 15 is 0 Å². The van der Waals surface area contributed by atoms with Crippen LogP contribution in [0.5, 0.6) is 5.75 Å². The quantitative estimate of drug-likeness (QED) is 0.110. The molecule has 5 nitrogen and oxygen atoms in total. The molecule has 5 heteroatoms. The third-order valence-corrected chi connectivity index (χ3v) is 6.62. The molecule has 0 aliphatic carbocycles. The smallest absolute Gasteiger partial charge is 0.139 e. The van der Waals surface area contributed by atoms with E-state index in [1.165, 1.54) is 5.57 Å². The first-order chi connectivity index (χ1) is 17.1. The van der Waals surface area contributed by atoms with Gasteiger partial charge in [-0.15, -0.1) is 6.58 Å². The van der Waals surface area contributed by atoms with Crippen LogP contribution in [0.15, 0.2) is 72.0 Å². The number of benzene rings is 1. The summed E-state index contributed by atoms with van der Waals surface area (Å²) in [5.41, 5.74) is 3.97. The molecule has 0 spiro atoms. The zero-order chi connectivity index (χ0) is 27.3. The first kappa shape index (κ1) is 31.2. The summed E-state index contributed by atoms with van der Waals surface area (Å²) in [6, 6.07) is 6.88. The molecule has 3 unspecified atom stereocenters. The van der Waals surface area contributed by atoms with E-state index in [9.17, 15) is 5.11 Å². The molecule has 0 saturated heterocycles. The minimum Gasteiger partial charge on any atom is -0.516 e. The molecule has 200 valence electrons. The maximum Gasteiger partial charge on any atom is 0.139 e. The Kier molecular flexibility index (Phi) is 13.9. The van der Waals surface area contributed by atoms with Gasteiger partial charge in [0.05, 0.1) is 11.9 Å². The number of allylic oxidation sites excluding steroid dienone is 2. The molecule has 0 aromatic heterocycles. The van der Waals surface area contributed by atoms with Gasteiger partial charge in [0.25, 0.3) is 0 Å². The van der Waals surface area contributed by atoms with E-state index in [4.69, 9.17) is 5.11 Å². The van der Waals surface area contributed by atoms with Crippen molar-refractivity contribution in [3.63, 3.8) is 0 Å². The van der Waals surface area contributed by atoms with Gasteiger partial charge in [-0.05, 0) is 96.2 Å². The first-order valence-corrected chi connectivity index (χ1v) is 13.2. The lowest BCUT2D eigenvalue weighted by Crippen LogP contribution is -2.47. The fourth-order valence-electron chi connectivity index (χ4n) is 4.71. The second-order valence-corrected chi connectivity index (χ2v) is 9.93. The number of hydrogen-bond acceptors (Lipinski definition) is 5. The standard InChI is InChI=1S/C31H49N3O2/c1-10-26(8)34(27(9)20-29(11-2)33(23(4)5)22-25(7)16-18-35)30-14-13-28(21-31(30)36)19-24(6)15-17-32-12-3/h10,13-18,21,23,26-27,29,35-36H,1,7,11-12,19-20,22H2,2-6,8-9H3/b18-16-,24-15+,32-17?. The Morgan fingerprint density at radius 3 is 2.39 bits per heavy atom. The Morgan fingerprint density at radius 2 is 1.86 bits per heavy atom. The number of anilines is 1. The highest BCUT2D eigenvalue weighted by molar-refractivity contribution is 5.72. The first-order valence-electron chi connectivity index (χ1n) is 13.2. The molecule has 0 amide bonds. The van der Waals surface area contributed by atoms with Gasteiger partial charge in [-0.2, -0.15) is 0 Å². The van der Waals surface area contributed by atoms with Gasteiger partial charge in [-0.1, -0.05) is 31.2 Å². The molecule has 1 aromatic carbocycles. The fraction of sp³-hybridized carbons (Fsp3) is 0.516. The van der Waals surface area contributed by atoms with E-state index in [1.807, 2.05) is 37.4 Å². The van der Waals surface area contributed by atoms with Crippen LogP contribution in [0.1, 0.15) is 66.9 Å². The lowest BCUT2D eigenvalue weighted by Gasteiger charge is -2.41. The van der Waals surface area contributed by atoms with Gasteiger partial charge < -0.3 is 15.1 Å². The molecule has 0 aliphatic rings. The molecule has 0 bridgehead atoms. The molecular formula is C31H49N3O2. The number of aliphatic hydroxyl groups excluding tert-OH is 1. The largest absolute Gasteiger partial charge is 0.516 e. The maximum absolute atomic E-state index is 11.1. The van der Waals surface area contributed by atoms with Crippen LogP contribution in [0.3, 0.4) is 0 Å². The second kappa shape index (κ2) is 16.1. The molecule has 1 aromatic rings. The molecule has 0 saturated carbocycles. The Balaban J connectivity index is 3.20. The summed E-state index contributed by atoms with van der Waals surface area (Å²) in [7, 11) is 0. The Labute approximate surface area is 220 Å². The number of aliphatic hydroxyl groups is 1. The van der Waals surface area contributed by atoms with Crippen molar-refractivity contribution in [2.24, 2.45) is 4.99 Å². The predicted octanol–water partition coefficient (Wildman–Crippen LogP) is 7.25. The summed E-state index contributed by atoms with van der Waals surface area (Å²) in [6.45, 7) is 24.6. The van der Waals surface area contributed by atoms with Crippen LogP contribution in [-0.2, 0) is 6.42 Å². The molecule has 0 heterocycles. The van der Waals surface area contributed by atoms with Crippen LogP contribution < -0.4 is 4.90 Å². The minimum atomic E-state index is 0.0564. The number of aliphatic imine (C=N–C) groups is 1. The van der Waals surface area contributed by atoms with Crippen LogP contribution in [0.2, 0.25) is 0 Å². The number of phenols is 1. The number of nitrogens with zero attached hydrogens (tertiary/aromatic N) is 3. The van der Waals surface area contributed by atoms with Gasteiger partial charge >= 0.3 is 0 Å². The van der Waals surface area contributed by atoms with Crippen molar-refractivity contribution in [1.82, 2.24) is 4.90 Å². The predicted molar refractivity (Wildman–Crippen MR) is 158 cm³/mol. The van der Waals surface area contributed by atoms with Crippen molar-refractivity contribution in [3.8, 4) is 5.75 Å². The van der Waals surface area contributed by atoms with Crippen LogP contribution in [0.4, 0.5) is 5.69 Å². The number of phenolic OH excluding ortho intramolecular Hbond substituents is 1. The average molecular weight is 496 g/mol. The summed E-state index contributed by atoms with van der Waals surface area (Å²) in [4.78, 5) is 8.96. The van der Waals surface area contributed by atoms with Crippen molar-refractivity contribution >= 4 is 11.9 Å². The molecule has 0 fully saturated rings. The van der Waals surface area contributed by atoms with Crippen LogP contribution >= 0.6 is 0 Å². The van der Waals surface area contributed by atoms with Gasteiger partial charge in [-0.3, -0.25) is 9.89 Å². The van der Waals surface area contributed by atoms with E-state index in [0.717, 1.165) is 48.9 Å². The van der Waals surface area contributed by atoms with Crippen LogP contribution in [0, 0.1) is 0 Å². The van der Waals surface area contributed by atoms with Crippen molar-refractivity contribution in [2.75, 3.05) is 18.0 Å². The summed E-state index contributed by atoms with van der Waals surface area (Å²) in [5.74, 6) is 0.290. The summed E-state index contributed by atoms with van der Waals surface area (Å²) < 4.78 is 0. The highest BCUT2D eigenvalue weighted by Crippen LogP contribution is 2.34. The minimum absolute atomic E-state index is 0.0564. The lowest BCUT2D eigenvalue weighted by molar-refractivity contribution is 0.149. The van der Waals surface area contributed by atoms with E-state index in [-0.39, 0.29) is 12.1 Å². The number of rotatable bonds is 16. The van der Waals surface area contributed by atoms with Gasteiger partial charge in [0.15, 0.2) is 0 Å². The lowest BCUT2D eigenvalue weighted by atomic mass is 9.98. The van der Waals surface area contributed by atoms with Crippen molar-refractivity contribution in [2.45, 2.75) is 91.9 Å². The summed E-state index contributed by atoms with van der Waals surface area (Å²) in [5, 5.41) is 20.2. The molecule has 0 radical (unpaired) electrons. The van der Waals surface area contributed by atoms with E-state index in [0.29, 0.717) is 24.4 Å². The Hall–Kier alpha value is -2.79. The average Bonchev–Trinajstić information content (AvgIpc) is 2.82. The second-order valence-electron chi connectivity index (χ2n) is 9.93. The third kappa shape index (κ3) is 9.69. The molecular weight excluding hydrogens is 446 g/mol. The topological polar surface area (TPSA) is 59.3 Å². The van der Waals surface area contributed by atoms with Crippen LogP contribution in [-0.4, -0.2) is 58.6 Å². The number of hydrogen-bond donors (Lipinski definition) is 2. The molecule has 1 rings (SSSR count). The normalized spacial score (nSPS) is 15.1. The Bertz CT molecular complexity index is 916. The van der Waals surface area contributed by atoms with Gasteiger partial charge in [0.2, 0.25) is 0 Å². The van der Waals surface area contributed by atoms with Gasteiger partial charge in [-0.25, -0.2) is 0 Å². The van der Waals surface area contributed by atoms with E-state index in [1.54, 1.807) is 6.08 Å². The Morgan fingerprint density at radius 1 is 1.17 bits per heavy atom. The van der Waals surface area contributed by atoms with E-state index < -0.39 is 0 Å². The summed E-state index contributed by atoms with van der Waals surface area (Å²) in [6.07, 6.45) is 11.2. The van der Waals surface area contributed by atoms with Gasteiger partial charge in [0.1, 0.15) is 5.75 Å². The number of aromatic hydroxyl groups is 1. The monoisotopic (exact) mass is 495 g/mol. The van der Waals surface area contributed by atoms with Crippen molar-refractivity contribution < 1.29 is 10.2 Å². The SMILES string of the molecule is C=CC(C)N(c1ccc(C/C(C)=C/C=NCC)cc1O)C(C)CC(CC)N(CC(=C)/C=C\O)C(C)C. The van der Waals surface area contributed by atoms with Crippen molar-refractivity contribution in [1.29, 1.82) is 0 Å². The molecule has 0 aliphatic heterocycles. The molecule has 3 atom stereocenters. The fourth-order valence-corrected chi connectivity index (χ4v) is 4.71. The zero-order valence-electron chi connectivity index (χ0n) is 23.6.